The summed E-state index contributed by atoms with van der Waals surface area (Å²) >= 11 is 0. The quantitative estimate of drug-likeness (QED) is 0.840. The largest absolute Gasteiger partial charge is 0.511 e. The van der Waals surface area contributed by atoms with Crippen LogP contribution in [0.2, 0.25) is 0 Å². The lowest BCUT2D eigenvalue weighted by Crippen LogP contribution is -2.26. The van der Waals surface area contributed by atoms with Crippen molar-refractivity contribution in [3.05, 3.63) is 34.1 Å². The summed E-state index contributed by atoms with van der Waals surface area (Å²) in [5, 5.41) is 19.6. The number of allylic oxidation sites excluding steroid dienone is 6. The van der Waals surface area contributed by atoms with Crippen LogP contribution in [0.25, 0.3) is 0 Å². The van der Waals surface area contributed by atoms with Gasteiger partial charge in [-0.15, -0.1) is 0 Å². The zero-order chi connectivity index (χ0) is 15.0. The number of fused-ring (bicyclic) bond motifs is 2. The summed E-state index contributed by atoms with van der Waals surface area (Å²) in [5.41, 5.74) is 3.85. The molecule has 0 aromatic carbocycles. The van der Waals surface area contributed by atoms with Crippen molar-refractivity contribution in [3.63, 3.8) is 0 Å². The Hall–Kier alpha value is -1.82. The fourth-order valence-corrected chi connectivity index (χ4v) is 4.21. The van der Waals surface area contributed by atoms with E-state index >= 15 is 0 Å². The van der Waals surface area contributed by atoms with Crippen LogP contribution >= 0.6 is 0 Å². The number of hydrogen-bond acceptors (Lipinski definition) is 3. The molecule has 3 rings (SSSR count). The molecule has 0 amide bonds. The molecule has 1 unspecified atom stereocenters. The number of ketones is 1. The molecule has 3 aliphatic rings. The van der Waals surface area contributed by atoms with Crippen molar-refractivity contribution in [2.24, 2.45) is 5.41 Å². The zero-order valence-corrected chi connectivity index (χ0v) is 12.5. The molecule has 0 aromatic rings. The molecule has 3 aliphatic carbocycles. The van der Waals surface area contributed by atoms with Crippen molar-refractivity contribution >= 4 is 5.78 Å². The van der Waals surface area contributed by atoms with E-state index < -0.39 is 0 Å². The Morgan fingerprint density at radius 3 is 2.90 bits per heavy atom. The first-order chi connectivity index (χ1) is 10.1. The number of nitrogens with zero attached hydrogens (tertiary/aromatic N) is 1. The van der Waals surface area contributed by atoms with Gasteiger partial charge in [0.25, 0.3) is 0 Å². The molecule has 0 aromatic heterocycles. The van der Waals surface area contributed by atoms with Gasteiger partial charge >= 0.3 is 0 Å². The predicted octanol–water partition coefficient (Wildman–Crippen LogP) is 4.28. The first-order valence-corrected chi connectivity index (χ1v) is 7.91. The number of aliphatic hydroxyl groups is 1. The molecule has 3 nitrogen and oxygen atoms in total. The van der Waals surface area contributed by atoms with Crippen LogP contribution < -0.4 is 0 Å². The van der Waals surface area contributed by atoms with E-state index in [1.54, 1.807) is 6.08 Å². The smallest absolute Gasteiger partial charge is 0.156 e. The molecule has 21 heavy (non-hydrogen) atoms. The Morgan fingerprint density at radius 2 is 2.19 bits per heavy atom. The average Bonchev–Trinajstić information content (AvgIpc) is 2.79. The number of aliphatic hydroxyl groups excluding tert-OH is 1. The van der Waals surface area contributed by atoms with Gasteiger partial charge in [0.05, 0.1) is 5.57 Å². The summed E-state index contributed by atoms with van der Waals surface area (Å²) in [5.74, 6) is 0.440. The number of nitriles is 1. The van der Waals surface area contributed by atoms with Crippen LogP contribution in [0, 0.1) is 16.7 Å². The van der Waals surface area contributed by atoms with Crippen molar-refractivity contribution in [2.45, 2.75) is 58.3 Å². The summed E-state index contributed by atoms with van der Waals surface area (Å²) in [6, 6.07) is 2.23. The maximum atomic E-state index is 11.7. The van der Waals surface area contributed by atoms with E-state index in [1.165, 1.54) is 5.57 Å². The van der Waals surface area contributed by atoms with Crippen LogP contribution in [0.15, 0.2) is 34.1 Å². The van der Waals surface area contributed by atoms with Gasteiger partial charge in [-0.25, -0.2) is 0 Å². The average molecular weight is 283 g/mol. The van der Waals surface area contributed by atoms with Gasteiger partial charge in [0.1, 0.15) is 11.8 Å². The molecule has 3 heteroatoms. The molecule has 0 spiro atoms. The van der Waals surface area contributed by atoms with Crippen LogP contribution in [-0.4, -0.2) is 10.9 Å². The van der Waals surface area contributed by atoms with E-state index in [2.05, 4.69) is 13.0 Å². The summed E-state index contributed by atoms with van der Waals surface area (Å²) < 4.78 is 0. The highest BCUT2D eigenvalue weighted by molar-refractivity contribution is 5.93. The molecule has 0 bridgehead atoms. The number of rotatable bonds is 3. The highest BCUT2D eigenvalue weighted by atomic mass is 16.3. The fraction of sp³-hybridized carbons (Fsp3) is 0.556. The monoisotopic (exact) mass is 283 g/mol. The van der Waals surface area contributed by atoms with Crippen LogP contribution in [0.4, 0.5) is 0 Å². The van der Waals surface area contributed by atoms with Crippen molar-refractivity contribution in [3.8, 4) is 6.07 Å². The zero-order valence-electron chi connectivity index (χ0n) is 12.5. The molecule has 0 radical (unpaired) electrons. The summed E-state index contributed by atoms with van der Waals surface area (Å²) in [6.45, 7) is 2.18. The molecule has 110 valence electrons. The minimum Gasteiger partial charge on any atom is -0.511 e. The predicted molar refractivity (Wildman–Crippen MR) is 80.4 cm³/mol. The van der Waals surface area contributed by atoms with E-state index in [4.69, 9.17) is 0 Å². The van der Waals surface area contributed by atoms with Crippen LogP contribution in [0.5, 0.6) is 0 Å². The second-order valence-electron chi connectivity index (χ2n) is 6.48. The topological polar surface area (TPSA) is 61.1 Å². The van der Waals surface area contributed by atoms with Gasteiger partial charge < -0.3 is 5.11 Å². The van der Waals surface area contributed by atoms with Crippen molar-refractivity contribution in [1.29, 1.82) is 5.26 Å². The van der Waals surface area contributed by atoms with Gasteiger partial charge in [0, 0.05) is 18.3 Å². The number of unbranched alkanes of at least 4 members (excludes halogenated alkanes) is 1. The SMILES string of the molecule is CCCCC12CCC(O)=C(C#N)C1=C1CCC(=O)C=C1C2. The minimum atomic E-state index is -0.0148. The highest BCUT2D eigenvalue weighted by Gasteiger charge is 2.47. The standard InChI is InChI=1S/C18H21NO2/c1-2-3-7-18-8-6-16(21)15(11-19)17(18)14-5-4-13(20)9-12(14)10-18/h9,21H,2-8,10H2,1H3. The Morgan fingerprint density at radius 1 is 1.38 bits per heavy atom. The van der Waals surface area contributed by atoms with Crippen molar-refractivity contribution in [1.82, 2.24) is 0 Å². The second kappa shape index (κ2) is 5.18. The first-order valence-electron chi connectivity index (χ1n) is 7.91. The number of hydrogen-bond donors (Lipinski definition) is 1. The molecule has 0 heterocycles. The number of carbonyl (C=O) groups excluding carboxylic acids is 1. The lowest BCUT2D eigenvalue weighted by Gasteiger charge is -2.36. The van der Waals surface area contributed by atoms with Gasteiger partial charge in [-0.05, 0) is 48.5 Å². The summed E-state index contributed by atoms with van der Waals surface area (Å²) in [7, 11) is 0. The fourth-order valence-electron chi connectivity index (χ4n) is 4.21. The van der Waals surface area contributed by atoms with Crippen LogP contribution in [0.1, 0.15) is 58.3 Å². The van der Waals surface area contributed by atoms with E-state index in [-0.39, 0.29) is 17.0 Å². The van der Waals surface area contributed by atoms with Gasteiger partial charge in [-0.1, -0.05) is 19.8 Å². The maximum absolute atomic E-state index is 11.7. The van der Waals surface area contributed by atoms with Crippen molar-refractivity contribution < 1.29 is 9.90 Å². The Balaban J connectivity index is 2.15. The summed E-state index contributed by atoms with van der Waals surface area (Å²) in [4.78, 5) is 11.7. The van der Waals surface area contributed by atoms with Gasteiger partial charge in [-0.2, -0.15) is 5.26 Å². The molecule has 1 atom stereocenters. The molecular formula is C18H21NO2. The molecule has 1 N–H and O–H groups in total. The second-order valence-corrected chi connectivity index (χ2v) is 6.48. The van der Waals surface area contributed by atoms with Crippen LogP contribution in [-0.2, 0) is 4.79 Å². The van der Waals surface area contributed by atoms with Crippen molar-refractivity contribution in [2.75, 3.05) is 0 Å². The molecule has 0 saturated heterocycles. The third kappa shape index (κ3) is 2.14. The Kier molecular flexibility index (Phi) is 3.49. The minimum absolute atomic E-state index is 0.0148. The highest BCUT2D eigenvalue weighted by Crippen LogP contribution is 2.59. The normalized spacial score (nSPS) is 28.2. The first kappa shape index (κ1) is 14.1. The maximum Gasteiger partial charge on any atom is 0.156 e. The lowest BCUT2D eigenvalue weighted by atomic mass is 9.67. The van der Waals surface area contributed by atoms with Gasteiger partial charge in [0.2, 0.25) is 0 Å². The van der Waals surface area contributed by atoms with Gasteiger partial charge in [-0.3, -0.25) is 4.79 Å². The van der Waals surface area contributed by atoms with E-state index in [9.17, 15) is 15.2 Å². The summed E-state index contributed by atoms with van der Waals surface area (Å²) in [6.07, 6.45) is 8.70. The molecule has 0 fully saturated rings. The van der Waals surface area contributed by atoms with E-state index in [0.717, 1.165) is 49.7 Å². The Bertz CT molecular complexity index is 630. The molecule has 0 saturated carbocycles. The number of carbonyl (C=O) groups is 1. The van der Waals surface area contributed by atoms with E-state index in [1.807, 2.05) is 0 Å². The molecular weight excluding hydrogens is 262 g/mol. The Labute approximate surface area is 125 Å². The van der Waals surface area contributed by atoms with Gasteiger partial charge in [0.15, 0.2) is 5.78 Å². The van der Waals surface area contributed by atoms with E-state index in [0.29, 0.717) is 18.4 Å². The molecule has 0 aliphatic heterocycles. The van der Waals surface area contributed by atoms with Crippen LogP contribution in [0.3, 0.4) is 0 Å². The third-order valence-electron chi connectivity index (χ3n) is 5.20. The third-order valence-corrected chi connectivity index (χ3v) is 5.20. The lowest BCUT2D eigenvalue weighted by molar-refractivity contribution is -0.114.